The SMILES string of the molecule is CC(=N)C(CCCC=N)Cc1ccccc1. The summed E-state index contributed by atoms with van der Waals surface area (Å²) in [7, 11) is 0. The van der Waals surface area contributed by atoms with Gasteiger partial charge < -0.3 is 10.8 Å². The van der Waals surface area contributed by atoms with Gasteiger partial charge in [-0.15, -0.1) is 0 Å². The average molecular weight is 216 g/mol. The van der Waals surface area contributed by atoms with Crippen LogP contribution in [0, 0.1) is 16.7 Å². The Balaban J connectivity index is 2.51. The van der Waals surface area contributed by atoms with Crippen molar-refractivity contribution in [3.05, 3.63) is 35.9 Å². The molecule has 2 N–H and O–H groups in total. The van der Waals surface area contributed by atoms with E-state index in [1.165, 1.54) is 11.8 Å². The molecule has 0 spiro atoms. The molecule has 0 aromatic heterocycles. The maximum atomic E-state index is 7.78. The number of nitrogens with one attached hydrogen (secondary N) is 2. The van der Waals surface area contributed by atoms with E-state index in [1.54, 1.807) is 0 Å². The van der Waals surface area contributed by atoms with Crippen LogP contribution < -0.4 is 0 Å². The highest BCUT2D eigenvalue weighted by atomic mass is 14.4. The molecule has 86 valence electrons. The summed E-state index contributed by atoms with van der Waals surface area (Å²) in [5.74, 6) is 0.336. The minimum absolute atomic E-state index is 0.336. The lowest BCUT2D eigenvalue weighted by molar-refractivity contribution is 0.594. The van der Waals surface area contributed by atoms with Gasteiger partial charge in [0.1, 0.15) is 0 Å². The molecule has 1 aromatic carbocycles. The first-order chi connectivity index (χ1) is 7.74. The second-order valence-corrected chi connectivity index (χ2v) is 4.20. The Bertz CT molecular complexity index is 330. The summed E-state index contributed by atoms with van der Waals surface area (Å²) in [6, 6.07) is 10.3. The molecule has 0 aliphatic carbocycles. The van der Waals surface area contributed by atoms with Crippen molar-refractivity contribution in [3.8, 4) is 0 Å². The monoisotopic (exact) mass is 216 g/mol. The van der Waals surface area contributed by atoms with Gasteiger partial charge in [0.25, 0.3) is 0 Å². The van der Waals surface area contributed by atoms with Crippen LogP contribution in [0.15, 0.2) is 30.3 Å². The molecule has 0 fully saturated rings. The molecule has 0 amide bonds. The third-order valence-electron chi connectivity index (χ3n) is 2.84. The van der Waals surface area contributed by atoms with Gasteiger partial charge in [-0.2, -0.15) is 0 Å². The van der Waals surface area contributed by atoms with E-state index >= 15 is 0 Å². The number of benzene rings is 1. The molecule has 1 rings (SSSR count). The maximum Gasteiger partial charge on any atom is 0.00924 e. The van der Waals surface area contributed by atoms with Crippen molar-refractivity contribution < 1.29 is 0 Å². The van der Waals surface area contributed by atoms with Crippen molar-refractivity contribution >= 4 is 11.9 Å². The molecular weight excluding hydrogens is 196 g/mol. The molecule has 0 saturated heterocycles. The molecule has 1 aromatic rings. The minimum Gasteiger partial charge on any atom is -0.313 e. The third-order valence-corrected chi connectivity index (χ3v) is 2.84. The van der Waals surface area contributed by atoms with Gasteiger partial charge in [0, 0.05) is 11.6 Å². The molecule has 0 bridgehead atoms. The van der Waals surface area contributed by atoms with Crippen molar-refractivity contribution in [2.45, 2.75) is 32.6 Å². The van der Waals surface area contributed by atoms with Crippen LogP contribution >= 0.6 is 0 Å². The highest BCUT2D eigenvalue weighted by molar-refractivity contribution is 5.81. The first-order valence-corrected chi connectivity index (χ1v) is 5.82. The van der Waals surface area contributed by atoms with Crippen LogP contribution in [0.2, 0.25) is 0 Å². The zero-order chi connectivity index (χ0) is 11.8. The summed E-state index contributed by atoms with van der Waals surface area (Å²) in [6.07, 6.45) is 5.27. The maximum absolute atomic E-state index is 7.78. The van der Waals surface area contributed by atoms with Crippen molar-refractivity contribution in [3.63, 3.8) is 0 Å². The summed E-state index contributed by atoms with van der Waals surface area (Å²) < 4.78 is 0. The van der Waals surface area contributed by atoms with E-state index in [2.05, 4.69) is 12.1 Å². The molecule has 2 nitrogen and oxygen atoms in total. The lowest BCUT2D eigenvalue weighted by atomic mass is 9.91. The van der Waals surface area contributed by atoms with Crippen molar-refractivity contribution in [2.75, 3.05) is 0 Å². The molecular formula is C14H20N2. The van der Waals surface area contributed by atoms with E-state index < -0.39 is 0 Å². The Morgan fingerprint density at radius 2 is 2.00 bits per heavy atom. The Labute approximate surface area is 97.7 Å². The van der Waals surface area contributed by atoms with Crippen LogP contribution in [0.25, 0.3) is 0 Å². The summed E-state index contributed by atoms with van der Waals surface area (Å²) in [6.45, 7) is 1.89. The molecule has 16 heavy (non-hydrogen) atoms. The fraction of sp³-hybridized carbons (Fsp3) is 0.429. The van der Waals surface area contributed by atoms with Gasteiger partial charge in [-0.3, -0.25) is 0 Å². The predicted molar refractivity (Wildman–Crippen MR) is 69.7 cm³/mol. The molecule has 1 unspecified atom stereocenters. The zero-order valence-corrected chi connectivity index (χ0v) is 9.87. The largest absolute Gasteiger partial charge is 0.313 e. The van der Waals surface area contributed by atoms with Crippen LogP contribution in [-0.2, 0) is 6.42 Å². The summed E-state index contributed by atoms with van der Waals surface area (Å²) in [4.78, 5) is 0. The van der Waals surface area contributed by atoms with Gasteiger partial charge in [0.05, 0.1) is 0 Å². The van der Waals surface area contributed by atoms with Crippen LogP contribution in [0.1, 0.15) is 31.7 Å². The molecule has 0 radical (unpaired) electrons. The Hall–Kier alpha value is -1.44. The van der Waals surface area contributed by atoms with Gasteiger partial charge in [0.15, 0.2) is 0 Å². The fourth-order valence-electron chi connectivity index (χ4n) is 1.84. The highest BCUT2D eigenvalue weighted by Crippen LogP contribution is 2.16. The van der Waals surface area contributed by atoms with Gasteiger partial charge >= 0.3 is 0 Å². The van der Waals surface area contributed by atoms with Gasteiger partial charge in [-0.1, -0.05) is 30.3 Å². The summed E-state index contributed by atoms with van der Waals surface area (Å²) >= 11 is 0. The smallest absolute Gasteiger partial charge is 0.00924 e. The molecule has 0 aliphatic rings. The van der Waals surface area contributed by atoms with Crippen LogP contribution in [0.3, 0.4) is 0 Å². The van der Waals surface area contributed by atoms with Gasteiger partial charge in [0.2, 0.25) is 0 Å². The molecule has 0 heterocycles. The molecule has 1 atom stereocenters. The first kappa shape index (κ1) is 12.6. The lowest BCUT2D eigenvalue weighted by Gasteiger charge is -2.15. The van der Waals surface area contributed by atoms with Crippen LogP contribution in [-0.4, -0.2) is 11.9 Å². The predicted octanol–water partition coefficient (Wildman–Crippen LogP) is 3.70. The van der Waals surface area contributed by atoms with Crippen molar-refractivity contribution in [2.24, 2.45) is 5.92 Å². The van der Waals surface area contributed by atoms with E-state index in [1.807, 2.05) is 25.1 Å². The summed E-state index contributed by atoms with van der Waals surface area (Å²) in [5.41, 5.74) is 2.06. The lowest BCUT2D eigenvalue weighted by Crippen LogP contribution is -2.13. The third kappa shape index (κ3) is 4.39. The highest BCUT2D eigenvalue weighted by Gasteiger charge is 2.11. The van der Waals surface area contributed by atoms with E-state index in [0.29, 0.717) is 5.92 Å². The molecule has 2 heteroatoms. The summed E-state index contributed by atoms with van der Waals surface area (Å²) in [5, 5.41) is 14.8. The Morgan fingerprint density at radius 1 is 1.31 bits per heavy atom. The number of unbranched alkanes of at least 4 members (excludes halogenated alkanes) is 1. The standard InChI is InChI=1S/C14H20N2/c1-12(16)14(9-5-6-10-15)11-13-7-3-2-4-8-13/h2-4,7-8,10,14-16H,5-6,9,11H2,1H3. The topological polar surface area (TPSA) is 47.7 Å². The number of hydrogen-bond acceptors (Lipinski definition) is 2. The van der Waals surface area contributed by atoms with Gasteiger partial charge in [-0.25, -0.2) is 0 Å². The van der Waals surface area contributed by atoms with Crippen LogP contribution in [0.5, 0.6) is 0 Å². The average Bonchev–Trinajstić information content (AvgIpc) is 2.29. The number of rotatable bonds is 7. The van der Waals surface area contributed by atoms with E-state index in [4.69, 9.17) is 10.8 Å². The van der Waals surface area contributed by atoms with E-state index in [9.17, 15) is 0 Å². The minimum atomic E-state index is 0.336. The molecule has 0 aliphatic heterocycles. The first-order valence-electron chi connectivity index (χ1n) is 5.82. The van der Waals surface area contributed by atoms with Gasteiger partial charge in [-0.05, 0) is 44.4 Å². The molecule has 0 saturated carbocycles. The van der Waals surface area contributed by atoms with Crippen molar-refractivity contribution in [1.82, 2.24) is 0 Å². The normalized spacial score (nSPS) is 12.1. The fourth-order valence-corrected chi connectivity index (χ4v) is 1.84. The van der Waals surface area contributed by atoms with E-state index in [0.717, 1.165) is 31.4 Å². The van der Waals surface area contributed by atoms with Crippen LogP contribution in [0.4, 0.5) is 0 Å². The van der Waals surface area contributed by atoms with Crippen molar-refractivity contribution in [1.29, 1.82) is 10.8 Å². The second kappa shape index (κ2) is 6.94. The van der Waals surface area contributed by atoms with E-state index in [-0.39, 0.29) is 0 Å². The second-order valence-electron chi connectivity index (χ2n) is 4.20. The Kier molecular flexibility index (Phi) is 5.48. The Morgan fingerprint density at radius 3 is 2.56 bits per heavy atom. The number of hydrogen-bond donors (Lipinski definition) is 2. The quantitative estimate of drug-likeness (QED) is 0.515. The zero-order valence-electron chi connectivity index (χ0n) is 9.87.